The van der Waals surface area contributed by atoms with Crippen molar-refractivity contribution in [3.05, 3.63) is 48.2 Å². The predicted octanol–water partition coefficient (Wildman–Crippen LogP) is 4.16. The SMILES string of the molecule is COc1ccc(-c2cccc(C(=O)N3CCCC3C3(C)CC3)n2)cc1. The molecular formula is C21H24N2O2. The number of amides is 1. The Morgan fingerprint density at radius 1 is 1.20 bits per heavy atom. The third-order valence-corrected chi connectivity index (χ3v) is 5.71. The molecule has 0 bridgehead atoms. The minimum atomic E-state index is 0.0750. The zero-order valence-corrected chi connectivity index (χ0v) is 14.9. The molecule has 25 heavy (non-hydrogen) atoms. The molecule has 1 aromatic heterocycles. The molecule has 4 heteroatoms. The van der Waals surface area contributed by atoms with Gasteiger partial charge < -0.3 is 9.64 Å². The van der Waals surface area contributed by atoms with Crippen LogP contribution in [0.2, 0.25) is 0 Å². The van der Waals surface area contributed by atoms with Gasteiger partial charge in [0.05, 0.1) is 12.8 Å². The van der Waals surface area contributed by atoms with Gasteiger partial charge in [0, 0.05) is 18.2 Å². The number of hydrogen-bond acceptors (Lipinski definition) is 3. The maximum Gasteiger partial charge on any atom is 0.272 e. The maximum atomic E-state index is 13.1. The van der Waals surface area contributed by atoms with Gasteiger partial charge in [0.15, 0.2) is 0 Å². The Labute approximate surface area is 148 Å². The van der Waals surface area contributed by atoms with Gasteiger partial charge in [0.1, 0.15) is 11.4 Å². The van der Waals surface area contributed by atoms with E-state index in [0.29, 0.717) is 17.2 Å². The minimum Gasteiger partial charge on any atom is -0.497 e. The third-order valence-electron chi connectivity index (χ3n) is 5.71. The van der Waals surface area contributed by atoms with Crippen molar-refractivity contribution in [1.29, 1.82) is 0 Å². The van der Waals surface area contributed by atoms with E-state index in [0.717, 1.165) is 36.4 Å². The molecule has 0 N–H and O–H groups in total. The normalized spacial score (nSPS) is 21.2. The first-order chi connectivity index (χ1) is 12.1. The van der Waals surface area contributed by atoms with Gasteiger partial charge in [-0.25, -0.2) is 4.98 Å². The third kappa shape index (κ3) is 3.01. The zero-order chi connectivity index (χ0) is 17.4. The van der Waals surface area contributed by atoms with E-state index in [1.165, 1.54) is 12.8 Å². The Bertz CT molecular complexity index is 781. The van der Waals surface area contributed by atoms with Crippen molar-refractivity contribution in [2.45, 2.75) is 38.6 Å². The standard InChI is InChI=1S/C21H24N2O2/c1-21(12-13-21)19-7-4-14-23(19)20(24)18-6-3-5-17(22-18)15-8-10-16(25-2)11-9-15/h3,5-6,8-11,19H,4,7,12-14H2,1-2H3. The molecule has 1 saturated heterocycles. The van der Waals surface area contributed by atoms with E-state index in [9.17, 15) is 4.79 Å². The molecule has 1 amide bonds. The molecule has 1 aromatic carbocycles. The van der Waals surface area contributed by atoms with Crippen LogP contribution in [0.15, 0.2) is 42.5 Å². The van der Waals surface area contributed by atoms with Gasteiger partial charge in [-0.2, -0.15) is 0 Å². The van der Waals surface area contributed by atoms with Crippen LogP contribution < -0.4 is 4.74 Å². The van der Waals surface area contributed by atoms with E-state index >= 15 is 0 Å². The summed E-state index contributed by atoms with van der Waals surface area (Å²) in [5.41, 5.74) is 2.69. The van der Waals surface area contributed by atoms with Crippen LogP contribution in [0.5, 0.6) is 5.75 Å². The molecule has 0 spiro atoms. The van der Waals surface area contributed by atoms with Gasteiger partial charge in [0.25, 0.3) is 5.91 Å². The first kappa shape index (κ1) is 16.1. The summed E-state index contributed by atoms with van der Waals surface area (Å²) in [5, 5.41) is 0. The lowest BCUT2D eigenvalue weighted by Gasteiger charge is -2.29. The van der Waals surface area contributed by atoms with E-state index in [1.807, 2.05) is 42.5 Å². The summed E-state index contributed by atoms with van der Waals surface area (Å²) in [6.07, 6.45) is 4.70. The highest BCUT2D eigenvalue weighted by Gasteiger charge is 2.50. The van der Waals surface area contributed by atoms with Crippen LogP contribution in [0, 0.1) is 5.41 Å². The quantitative estimate of drug-likeness (QED) is 0.842. The lowest BCUT2D eigenvalue weighted by Crippen LogP contribution is -2.40. The second-order valence-electron chi connectivity index (χ2n) is 7.45. The second kappa shape index (κ2) is 6.17. The summed E-state index contributed by atoms with van der Waals surface area (Å²) in [5.74, 6) is 0.888. The smallest absolute Gasteiger partial charge is 0.272 e. The first-order valence-electron chi connectivity index (χ1n) is 9.03. The number of pyridine rings is 1. The van der Waals surface area contributed by atoms with Gasteiger partial charge in [0.2, 0.25) is 0 Å². The van der Waals surface area contributed by atoms with Crippen LogP contribution in [-0.4, -0.2) is 35.5 Å². The average Bonchev–Trinajstić information content (AvgIpc) is 3.21. The summed E-state index contributed by atoms with van der Waals surface area (Å²) < 4.78 is 5.20. The van der Waals surface area contributed by atoms with E-state index in [4.69, 9.17) is 4.74 Å². The fourth-order valence-electron chi connectivity index (χ4n) is 3.89. The Hall–Kier alpha value is -2.36. The molecule has 130 valence electrons. The number of carbonyl (C=O) groups excluding carboxylic acids is 1. The summed E-state index contributed by atoms with van der Waals surface area (Å²) in [6.45, 7) is 3.16. The van der Waals surface area contributed by atoms with Crippen molar-refractivity contribution in [2.24, 2.45) is 5.41 Å². The number of ether oxygens (including phenoxy) is 1. The molecule has 4 nitrogen and oxygen atoms in total. The highest BCUT2D eigenvalue weighted by molar-refractivity contribution is 5.93. The molecule has 1 unspecified atom stereocenters. The summed E-state index contributed by atoms with van der Waals surface area (Å²) in [4.78, 5) is 19.8. The number of carbonyl (C=O) groups is 1. The molecular weight excluding hydrogens is 312 g/mol. The average molecular weight is 336 g/mol. The molecule has 2 aliphatic rings. The van der Waals surface area contributed by atoms with E-state index < -0.39 is 0 Å². The number of rotatable bonds is 4. The molecule has 2 fully saturated rings. The molecule has 1 aliphatic heterocycles. The summed E-state index contributed by atoms with van der Waals surface area (Å²) >= 11 is 0. The molecule has 0 radical (unpaired) electrons. The van der Waals surface area contributed by atoms with E-state index in [1.54, 1.807) is 7.11 Å². The molecule has 1 saturated carbocycles. The zero-order valence-electron chi connectivity index (χ0n) is 14.9. The van der Waals surface area contributed by atoms with E-state index in [-0.39, 0.29) is 5.91 Å². The Morgan fingerprint density at radius 2 is 1.96 bits per heavy atom. The number of aromatic nitrogens is 1. The topological polar surface area (TPSA) is 42.4 Å². The van der Waals surface area contributed by atoms with Crippen LogP contribution >= 0.6 is 0 Å². The van der Waals surface area contributed by atoms with Gasteiger partial charge in [-0.3, -0.25) is 4.79 Å². The van der Waals surface area contributed by atoms with Gasteiger partial charge in [-0.1, -0.05) is 13.0 Å². The fourth-order valence-corrected chi connectivity index (χ4v) is 3.89. The van der Waals surface area contributed by atoms with Crippen molar-refractivity contribution in [3.63, 3.8) is 0 Å². The molecule has 2 aromatic rings. The van der Waals surface area contributed by atoms with Crippen molar-refractivity contribution in [2.75, 3.05) is 13.7 Å². The summed E-state index contributed by atoms with van der Waals surface area (Å²) in [6, 6.07) is 13.8. The monoisotopic (exact) mass is 336 g/mol. The van der Waals surface area contributed by atoms with Crippen LogP contribution in [-0.2, 0) is 0 Å². The number of benzene rings is 1. The predicted molar refractivity (Wildman–Crippen MR) is 97.6 cm³/mol. The number of methoxy groups -OCH3 is 1. The largest absolute Gasteiger partial charge is 0.497 e. The number of likely N-dealkylation sites (tertiary alicyclic amines) is 1. The Balaban J connectivity index is 1.59. The van der Waals surface area contributed by atoms with Gasteiger partial charge >= 0.3 is 0 Å². The van der Waals surface area contributed by atoms with Crippen molar-refractivity contribution in [1.82, 2.24) is 9.88 Å². The van der Waals surface area contributed by atoms with Crippen LogP contribution in [0.1, 0.15) is 43.1 Å². The first-order valence-corrected chi connectivity index (χ1v) is 9.03. The fraction of sp³-hybridized carbons (Fsp3) is 0.429. The molecule has 4 rings (SSSR count). The molecule has 2 heterocycles. The lowest BCUT2D eigenvalue weighted by atomic mass is 9.96. The minimum absolute atomic E-state index is 0.0750. The molecule has 1 atom stereocenters. The van der Waals surface area contributed by atoms with Crippen LogP contribution in [0.3, 0.4) is 0 Å². The van der Waals surface area contributed by atoms with Crippen molar-refractivity contribution < 1.29 is 9.53 Å². The molecule has 1 aliphatic carbocycles. The van der Waals surface area contributed by atoms with Crippen molar-refractivity contribution >= 4 is 5.91 Å². The number of hydrogen-bond donors (Lipinski definition) is 0. The Morgan fingerprint density at radius 3 is 2.64 bits per heavy atom. The lowest BCUT2D eigenvalue weighted by molar-refractivity contribution is 0.0674. The van der Waals surface area contributed by atoms with Crippen LogP contribution in [0.4, 0.5) is 0 Å². The van der Waals surface area contributed by atoms with E-state index in [2.05, 4.69) is 16.8 Å². The van der Waals surface area contributed by atoms with Gasteiger partial charge in [-0.15, -0.1) is 0 Å². The Kier molecular flexibility index (Phi) is 3.98. The summed E-state index contributed by atoms with van der Waals surface area (Å²) in [7, 11) is 1.65. The highest BCUT2D eigenvalue weighted by atomic mass is 16.5. The van der Waals surface area contributed by atoms with Crippen molar-refractivity contribution in [3.8, 4) is 17.0 Å². The van der Waals surface area contributed by atoms with Gasteiger partial charge in [-0.05, 0) is 67.5 Å². The number of nitrogens with zero attached hydrogens (tertiary/aromatic N) is 2. The maximum absolute atomic E-state index is 13.1. The van der Waals surface area contributed by atoms with Crippen LogP contribution in [0.25, 0.3) is 11.3 Å². The highest BCUT2D eigenvalue weighted by Crippen LogP contribution is 2.53. The second-order valence-corrected chi connectivity index (χ2v) is 7.45.